The van der Waals surface area contributed by atoms with E-state index in [0.29, 0.717) is 12.2 Å². The Morgan fingerprint density at radius 1 is 1.00 bits per heavy atom. The first-order chi connectivity index (χ1) is 9.63. The summed E-state index contributed by atoms with van der Waals surface area (Å²) >= 11 is 3.56. The second kappa shape index (κ2) is 5.40. The van der Waals surface area contributed by atoms with Crippen molar-refractivity contribution in [2.75, 3.05) is 6.79 Å². The van der Waals surface area contributed by atoms with Gasteiger partial charge >= 0.3 is 0 Å². The van der Waals surface area contributed by atoms with Gasteiger partial charge in [0.1, 0.15) is 0 Å². The first-order valence-corrected chi connectivity index (χ1v) is 7.02. The fourth-order valence-electron chi connectivity index (χ4n) is 2.10. The molecule has 0 fully saturated rings. The molecule has 1 atom stereocenters. The zero-order valence-electron chi connectivity index (χ0n) is 10.4. The van der Waals surface area contributed by atoms with E-state index in [9.17, 15) is 8.78 Å². The van der Waals surface area contributed by atoms with E-state index >= 15 is 0 Å². The quantitative estimate of drug-likeness (QED) is 0.772. The molecule has 20 heavy (non-hydrogen) atoms. The minimum absolute atomic E-state index is 0.0122. The molecule has 1 aliphatic rings. The van der Waals surface area contributed by atoms with Crippen molar-refractivity contribution >= 4 is 15.9 Å². The van der Waals surface area contributed by atoms with E-state index in [4.69, 9.17) is 9.47 Å². The molecule has 0 aromatic heterocycles. The third-order valence-corrected chi connectivity index (χ3v) is 4.01. The molecule has 3 rings (SSSR count). The normalized spacial score (nSPS) is 14.3. The third kappa shape index (κ3) is 2.63. The number of benzene rings is 2. The van der Waals surface area contributed by atoms with Gasteiger partial charge in [-0.25, -0.2) is 8.78 Å². The van der Waals surface area contributed by atoms with Gasteiger partial charge in [-0.2, -0.15) is 0 Å². The van der Waals surface area contributed by atoms with Crippen molar-refractivity contribution in [1.82, 2.24) is 0 Å². The summed E-state index contributed by atoms with van der Waals surface area (Å²) < 4.78 is 36.7. The van der Waals surface area contributed by atoms with Crippen LogP contribution < -0.4 is 9.47 Å². The highest BCUT2D eigenvalue weighted by Gasteiger charge is 2.17. The summed E-state index contributed by atoms with van der Waals surface area (Å²) in [5.41, 5.74) is 1.72. The van der Waals surface area contributed by atoms with Crippen molar-refractivity contribution in [3.05, 3.63) is 59.2 Å². The Morgan fingerprint density at radius 2 is 1.80 bits per heavy atom. The van der Waals surface area contributed by atoms with Crippen LogP contribution in [0, 0.1) is 11.6 Å². The van der Waals surface area contributed by atoms with Crippen LogP contribution >= 0.6 is 15.9 Å². The van der Waals surface area contributed by atoms with Crippen LogP contribution in [-0.4, -0.2) is 6.79 Å². The predicted octanol–water partition coefficient (Wildman–Crippen LogP) is 4.37. The highest BCUT2D eigenvalue weighted by molar-refractivity contribution is 9.09. The summed E-state index contributed by atoms with van der Waals surface area (Å²) in [4.78, 5) is -0.0122. The Balaban J connectivity index is 1.78. The van der Waals surface area contributed by atoms with Gasteiger partial charge in [0.2, 0.25) is 6.79 Å². The molecule has 1 heterocycles. The van der Waals surface area contributed by atoms with Crippen molar-refractivity contribution < 1.29 is 18.3 Å². The number of fused-ring (bicyclic) bond motifs is 1. The average molecular weight is 341 g/mol. The molecule has 0 bridgehead atoms. The Labute approximate surface area is 123 Å². The van der Waals surface area contributed by atoms with E-state index in [1.165, 1.54) is 6.07 Å². The standard InChI is InChI=1S/C15H11BrF2O2/c16-11(5-9-1-3-12(17)13(18)6-9)10-2-4-14-15(7-10)20-8-19-14/h1-4,6-7,11H,5,8H2. The van der Waals surface area contributed by atoms with Crippen LogP contribution in [0.5, 0.6) is 11.5 Å². The smallest absolute Gasteiger partial charge is 0.231 e. The predicted molar refractivity (Wildman–Crippen MR) is 74.3 cm³/mol. The summed E-state index contributed by atoms with van der Waals surface area (Å²) in [5.74, 6) is -0.227. The molecule has 0 radical (unpaired) electrons. The minimum Gasteiger partial charge on any atom is -0.454 e. The van der Waals surface area contributed by atoms with Crippen LogP contribution in [0.1, 0.15) is 16.0 Å². The highest BCUT2D eigenvalue weighted by Crippen LogP contribution is 2.37. The molecule has 2 nitrogen and oxygen atoms in total. The number of halogens is 3. The molecule has 0 saturated heterocycles. The molecule has 104 valence electrons. The fourth-order valence-corrected chi connectivity index (χ4v) is 2.76. The van der Waals surface area contributed by atoms with Crippen LogP contribution in [0.15, 0.2) is 36.4 Å². The molecule has 0 N–H and O–H groups in total. The Hall–Kier alpha value is -1.62. The lowest BCUT2D eigenvalue weighted by Gasteiger charge is -2.11. The van der Waals surface area contributed by atoms with Crippen molar-refractivity contribution in [3.8, 4) is 11.5 Å². The van der Waals surface area contributed by atoms with E-state index < -0.39 is 11.6 Å². The van der Waals surface area contributed by atoms with Gasteiger partial charge in [0.05, 0.1) is 0 Å². The van der Waals surface area contributed by atoms with Gasteiger partial charge < -0.3 is 9.47 Å². The molecule has 1 unspecified atom stereocenters. The third-order valence-electron chi connectivity index (χ3n) is 3.16. The molecule has 0 amide bonds. The first kappa shape index (κ1) is 13.4. The highest BCUT2D eigenvalue weighted by atomic mass is 79.9. The molecular weight excluding hydrogens is 330 g/mol. The Morgan fingerprint density at radius 3 is 2.60 bits per heavy atom. The van der Waals surface area contributed by atoms with Gasteiger partial charge in [0, 0.05) is 4.83 Å². The molecule has 0 saturated carbocycles. The van der Waals surface area contributed by atoms with Crippen LogP contribution in [0.2, 0.25) is 0 Å². The molecule has 0 spiro atoms. The van der Waals surface area contributed by atoms with Crippen molar-refractivity contribution in [2.24, 2.45) is 0 Å². The summed E-state index contributed by atoms with van der Waals surface area (Å²) in [7, 11) is 0. The van der Waals surface area contributed by atoms with E-state index in [1.54, 1.807) is 6.07 Å². The maximum atomic E-state index is 13.2. The van der Waals surface area contributed by atoms with Gasteiger partial charge in [0.25, 0.3) is 0 Å². The minimum atomic E-state index is -0.831. The van der Waals surface area contributed by atoms with Crippen LogP contribution in [0.3, 0.4) is 0 Å². The molecular formula is C15H11BrF2O2. The van der Waals surface area contributed by atoms with E-state index in [1.807, 2.05) is 18.2 Å². The second-order valence-electron chi connectivity index (χ2n) is 4.53. The lowest BCUT2D eigenvalue weighted by Crippen LogP contribution is -1.97. The maximum Gasteiger partial charge on any atom is 0.231 e. The number of alkyl halides is 1. The molecule has 1 aliphatic heterocycles. The largest absolute Gasteiger partial charge is 0.454 e. The lowest BCUT2D eigenvalue weighted by atomic mass is 10.0. The van der Waals surface area contributed by atoms with Crippen LogP contribution in [-0.2, 0) is 6.42 Å². The number of hydrogen-bond acceptors (Lipinski definition) is 2. The summed E-state index contributed by atoms with van der Waals surface area (Å²) in [6.45, 7) is 0.231. The van der Waals surface area contributed by atoms with Gasteiger partial charge in [-0.1, -0.05) is 28.1 Å². The Kier molecular flexibility index (Phi) is 3.61. The van der Waals surface area contributed by atoms with Crippen LogP contribution in [0.4, 0.5) is 8.78 Å². The maximum absolute atomic E-state index is 13.2. The van der Waals surface area contributed by atoms with Gasteiger partial charge in [0.15, 0.2) is 23.1 Å². The molecule has 5 heteroatoms. The molecule has 2 aromatic rings. The van der Waals surface area contributed by atoms with E-state index in [2.05, 4.69) is 15.9 Å². The molecule has 2 aromatic carbocycles. The van der Waals surface area contributed by atoms with Gasteiger partial charge in [-0.15, -0.1) is 0 Å². The lowest BCUT2D eigenvalue weighted by molar-refractivity contribution is 0.174. The van der Waals surface area contributed by atoms with E-state index in [0.717, 1.165) is 22.9 Å². The Bertz CT molecular complexity index is 646. The van der Waals surface area contributed by atoms with E-state index in [-0.39, 0.29) is 11.6 Å². The average Bonchev–Trinajstić information content (AvgIpc) is 2.90. The van der Waals surface area contributed by atoms with Crippen molar-refractivity contribution in [2.45, 2.75) is 11.2 Å². The zero-order chi connectivity index (χ0) is 14.1. The van der Waals surface area contributed by atoms with Gasteiger partial charge in [-0.05, 0) is 41.8 Å². The number of rotatable bonds is 3. The SMILES string of the molecule is Fc1ccc(CC(Br)c2ccc3c(c2)OCO3)cc1F. The fraction of sp³-hybridized carbons (Fsp3) is 0.200. The molecule has 0 aliphatic carbocycles. The number of hydrogen-bond donors (Lipinski definition) is 0. The zero-order valence-corrected chi connectivity index (χ0v) is 12.0. The summed E-state index contributed by atoms with van der Waals surface area (Å²) in [5, 5.41) is 0. The van der Waals surface area contributed by atoms with Gasteiger partial charge in [-0.3, -0.25) is 0 Å². The monoisotopic (exact) mass is 340 g/mol. The summed E-state index contributed by atoms with van der Waals surface area (Å²) in [6.07, 6.45) is 0.552. The van der Waals surface area contributed by atoms with Crippen molar-refractivity contribution in [1.29, 1.82) is 0 Å². The number of ether oxygens (including phenoxy) is 2. The topological polar surface area (TPSA) is 18.5 Å². The summed E-state index contributed by atoms with van der Waals surface area (Å²) in [6, 6.07) is 9.60. The first-order valence-electron chi connectivity index (χ1n) is 6.11. The van der Waals surface area contributed by atoms with Crippen LogP contribution in [0.25, 0.3) is 0 Å². The second-order valence-corrected chi connectivity index (χ2v) is 5.64. The van der Waals surface area contributed by atoms with Crippen molar-refractivity contribution in [3.63, 3.8) is 0 Å².